The Bertz CT molecular complexity index is 647. The van der Waals surface area contributed by atoms with E-state index in [4.69, 9.17) is 0 Å². The molecule has 2 aliphatic rings. The van der Waals surface area contributed by atoms with Crippen LogP contribution in [0.1, 0.15) is 25.7 Å². The van der Waals surface area contributed by atoms with Crippen molar-refractivity contribution in [2.75, 3.05) is 37.6 Å². The molecule has 7 heteroatoms. The number of para-hydroxylation sites is 1. The highest BCUT2D eigenvalue weighted by atomic mass is 19.1. The zero-order valence-corrected chi connectivity index (χ0v) is 14.9. The van der Waals surface area contributed by atoms with Crippen LogP contribution >= 0.6 is 0 Å². The van der Waals surface area contributed by atoms with E-state index in [1.54, 1.807) is 18.2 Å². The minimum Gasteiger partial charge on any atom is -0.393 e. The van der Waals surface area contributed by atoms with Gasteiger partial charge in [0.1, 0.15) is 5.82 Å². The molecular formula is C19H26FN3O3. The van der Waals surface area contributed by atoms with Crippen molar-refractivity contribution in [2.24, 2.45) is 5.92 Å². The first-order chi connectivity index (χ1) is 12.5. The monoisotopic (exact) mass is 363 g/mol. The minimum absolute atomic E-state index is 0.115. The number of benzene rings is 1. The van der Waals surface area contributed by atoms with Crippen LogP contribution in [0.25, 0.3) is 0 Å². The van der Waals surface area contributed by atoms with E-state index in [9.17, 15) is 19.1 Å². The van der Waals surface area contributed by atoms with Crippen molar-refractivity contribution < 1.29 is 19.1 Å². The van der Waals surface area contributed by atoms with Crippen LogP contribution in [0.2, 0.25) is 0 Å². The lowest BCUT2D eigenvalue weighted by molar-refractivity contribution is -0.126. The van der Waals surface area contributed by atoms with Crippen LogP contribution in [0.15, 0.2) is 24.3 Å². The van der Waals surface area contributed by atoms with Gasteiger partial charge in [0.05, 0.1) is 17.7 Å². The fourth-order valence-corrected chi connectivity index (χ4v) is 3.59. The molecule has 142 valence electrons. The molecule has 2 fully saturated rings. The number of nitrogens with zero attached hydrogens (tertiary/aromatic N) is 2. The summed E-state index contributed by atoms with van der Waals surface area (Å²) in [4.78, 5) is 28.1. The summed E-state index contributed by atoms with van der Waals surface area (Å²) in [6.45, 7) is 3.45. The summed E-state index contributed by atoms with van der Waals surface area (Å²) in [7, 11) is 0. The van der Waals surface area contributed by atoms with Gasteiger partial charge in [-0.05, 0) is 37.9 Å². The molecule has 0 aromatic heterocycles. The van der Waals surface area contributed by atoms with Crippen LogP contribution in [-0.2, 0) is 9.59 Å². The Morgan fingerprint density at radius 3 is 2.73 bits per heavy atom. The second-order valence-corrected chi connectivity index (χ2v) is 7.07. The van der Waals surface area contributed by atoms with Crippen LogP contribution in [0.3, 0.4) is 0 Å². The molecule has 26 heavy (non-hydrogen) atoms. The second-order valence-electron chi connectivity index (χ2n) is 7.07. The van der Waals surface area contributed by atoms with E-state index < -0.39 is 11.7 Å². The summed E-state index contributed by atoms with van der Waals surface area (Å²) < 4.78 is 13.9. The normalized spacial score (nSPS) is 22.0. The van der Waals surface area contributed by atoms with Gasteiger partial charge in [0.15, 0.2) is 0 Å². The third kappa shape index (κ3) is 4.59. The van der Waals surface area contributed by atoms with Crippen LogP contribution in [0.4, 0.5) is 10.1 Å². The van der Waals surface area contributed by atoms with Crippen molar-refractivity contribution in [2.45, 2.75) is 31.8 Å². The van der Waals surface area contributed by atoms with Gasteiger partial charge >= 0.3 is 0 Å². The summed E-state index contributed by atoms with van der Waals surface area (Å²) in [5.41, 5.74) is 0.236. The second kappa shape index (κ2) is 8.60. The number of carbonyl (C=O) groups is 2. The molecule has 0 aliphatic carbocycles. The zero-order valence-electron chi connectivity index (χ0n) is 14.9. The molecule has 1 atom stereocenters. The Balaban J connectivity index is 1.41. The fraction of sp³-hybridized carbons (Fsp3) is 0.579. The first-order valence-corrected chi connectivity index (χ1v) is 9.27. The van der Waals surface area contributed by atoms with Crippen LogP contribution < -0.4 is 10.2 Å². The van der Waals surface area contributed by atoms with E-state index in [0.29, 0.717) is 6.54 Å². The van der Waals surface area contributed by atoms with Crippen molar-refractivity contribution in [3.05, 3.63) is 30.1 Å². The number of nitrogens with one attached hydrogen (secondary N) is 1. The number of likely N-dealkylation sites (tertiary alicyclic amines) is 1. The van der Waals surface area contributed by atoms with Crippen molar-refractivity contribution in [3.63, 3.8) is 0 Å². The molecule has 0 bridgehead atoms. The molecule has 2 amide bonds. The predicted molar refractivity (Wildman–Crippen MR) is 96.2 cm³/mol. The molecule has 0 radical (unpaired) electrons. The molecule has 6 nitrogen and oxygen atoms in total. The number of aliphatic hydroxyl groups is 1. The largest absolute Gasteiger partial charge is 0.393 e. The molecule has 0 saturated carbocycles. The van der Waals surface area contributed by atoms with Crippen molar-refractivity contribution in [1.82, 2.24) is 10.2 Å². The lowest BCUT2D eigenvalue weighted by atomic mass is 10.1. The standard InChI is InChI=1S/C19H26FN3O3/c20-16-4-1-2-5-17(16)23-13-14(12-18(23)25)19(26)21-8-3-9-22-10-6-15(24)7-11-22/h1-2,4-5,14-15,24H,3,6-13H2,(H,21,26). The molecular weight excluding hydrogens is 337 g/mol. The summed E-state index contributed by atoms with van der Waals surface area (Å²) in [6, 6.07) is 6.13. The van der Waals surface area contributed by atoms with Gasteiger partial charge in [-0.2, -0.15) is 0 Å². The van der Waals surface area contributed by atoms with E-state index in [-0.39, 0.29) is 36.6 Å². The van der Waals surface area contributed by atoms with E-state index in [2.05, 4.69) is 10.2 Å². The van der Waals surface area contributed by atoms with E-state index >= 15 is 0 Å². The topological polar surface area (TPSA) is 72.9 Å². The van der Waals surface area contributed by atoms with Gasteiger partial charge in [0, 0.05) is 32.6 Å². The van der Waals surface area contributed by atoms with Gasteiger partial charge in [-0.15, -0.1) is 0 Å². The molecule has 2 heterocycles. The van der Waals surface area contributed by atoms with Crippen LogP contribution in [0, 0.1) is 11.7 Å². The van der Waals surface area contributed by atoms with Crippen molar-refractivity contribution in [3.8, 4) is 0 Å². The molecule has 1 aromatic rings. The summed E-state index contributed by atoms with van der Waals surface area (Å²) in [5.74, 6) is -1.26. The minimum atomic E-state index is -0.450. The Labute approximate surface area is 153 Å². The number of carbonyl (C=O) groups excluding carboxylic acids is 2. The van der Waals surface area contributed by atoms with Crippen molar-refractivity contribution >= 4 is 17.5 Å². The smallest absolute Gasteiger partial charge is 0.227 e. The number of amides is 2. The molecule has 3 rings (SSSR count). The van der Waals surface area contributed by atoms with Gasteiger partial charge < -0.3 is 20.2 Å². The van der Waals surface area contributed by atoms with E-state index in [1.807, 2.05) is 0 Å². The quantitative estimate of drug-likeness (QED) is 0.744. The van der Waals surface area contributed by atoms with Gasteiger partial charge in [-0.25, -0.2) is 4.39 Å². The SMILES string of the molecule is O=C(NCCCN1CCC(O)CC1)C1CC(=O)N(c2ccccc2F)C1. The highest BCUT2D eigenvalue weighted by molar-refractivity contribution is 6.00. The molecule has 2 N–H and O–H groups in total. The lowest BCUT2D eigenvalue weighted by Gasteiger charge is -2.29. The molecule has 2 aliphatic heterocycles. The van der Waals surface area contributed by atoms with Gasteiger partial charge in [-0.1, -0.05) is 12.1 Å². The Kier molecular flexibility index (Phi) is 6.21. The molecule has 2 saturated heterocycles. The first kappa shape index (κ1) is 18.8. The number of rotatable bonds is 6. The Morgan fingerprint density at radius 1 is 1.27 bits per heavy atom. The Morgan fingerprint density at radius 2 is 2.00 bits per heavy atom. The number of aliphatic hydroxyl groups excluding tert-OH is 1. The summed E-state index contributed by atoms with van der Waals surface area (Å²) in [5, 5.41) is 12.4. The first-order valence-electron chi connectivity index (χ1n) is 9.27. The predicted octanol–water partition coefficient (Wildman–Crippen LogP) is 1.14. The molecule has 1 unspecified atom stereocenters. The average Bonchev–Trinajstić information content (AvgIpc) is 3.02. The lowest BCUT2D eigenvalue weighted by Crippen LogP contribution is -2.38. The van der Waals surface area contributed by atoms with Crippen LogP contribution in [0.5, 0.6) is 0 Å². The summed E-state index contributed by atoms with van der Waals surface area (Å²) in [6.07, 6.45) is 2.39. The number of anilines is 1. The molecule has 0 spiro atoms. The van der Waals surface area contributed by atoms with Crippen LogP contribution in [-0.4, -0.2) is 60.6 Å². The maximum Gasteiger partial charge on any atom is 0.227 e. The fourth-order valence-electron chi connectivity index (χ4n) is 3.59. The summed E-state index contributed by atoms with van der Waals surface area (Å²) >= 11 is 0. The maximum atomic E-state index is 13.9. The average molecular weight is 363 g/mol. The van der Waals surface area contributed by atoms with Gasteiger partial charge in [-0.3, -0.25) is 9.59 Å². The number of halogens is 1. The number of hydrogen-bond acceptors (Lipinski definition) is 4. The van der Waals surface area contributed by atoms with E-state index in [0.717, 1.165) is 38.9 Å². The van der Waals surface area contributed by atoms with Gasteiger partial charge in [0.25, 0.3) is 0 Å². The van der Waals surface area contributed by atoms with E-state index in [1.165, 1.54) is 11.0 Å². The van der Waals surface area contributed by atoms with Gasteiger partial charge in [0.2, 0.25) is 11.8 Å². The molecule has 1 aromatic carbocycles. The third-order valence-electron chi connectivity index (χ3n) is 5.15. The Hall–Kier alpha value is -1.99. The number of hydrogen-bond donors (Lipinski definition) is 2. The third-order valence-corrected chi connectivity index (χ3v) is 5.15. The van der Waals surface area contributed by atoms with Crippen molar-refractivity contribution in [1.29, 1.82) is 0 Å². The highest BCUT2D eigenvalue weighted by Gasteiger charge is 2.35. The maximum absolute atomic E-state index is 13.9. The highest BCUT2D eigenvalue weighted by Crippen LogP contribution is 2.27. The zero-order chi connectivity index (χ0) is 18.5. The number of piperidine rings is 1.